The van der Waals surface area contributed by atoms with Gasteiger partial charge in [-0.05, 0) is 35.2 Å². The summed E-state index contributed by atoms with van der Waals surface area (Å²) in [6.07, 6.45) is -4.46. The molecule has 0 aliphatic carbocycles. The molecule has 2 aromatic carbocycles. The monoisotopic (exact) mass is 376 g/mol. The first kappa shape index (κ1) is 18.0. The van der Waals surface area contributed by atoms with E-state index in [4.69, 9.17) is 0 Å². The molecule has 0 radical (unpaired) electrons. The summed E-state index contributed by atoms with van der Waals surface area (Å²) in [5.74, 6) is 0. The SMILES string of the molecule is O=C(Nc1cccc(C(F)(F)F)c1)N(Cc1ccccc1)c1ccsc1. The fourth-order valence-corrected chi connectivity index (χ4v) is 3.06. The Kier molecular flexibility index (Phi) is 5.27. The Bertz CT molecular complexity index is 864. The number of alkyl halides is 3. The smallest absolute Gasteiger partial charge is 0.308 e. The van der Waals surface area contributed by atoms with Crippen LogP contribution in [0.5, 0.6) is 0 Å². The van der Waals surface area contributed by atoms with Crippen LogP contribution in [0.1, 0.15) is 11.1 Å². The number of carbonyl (C=O) groups excluding carboxylic acids is 1. The minimum absolute atomic E-state index is 0.0955. The molecule has 0 saturated heterocycles. The Balaban J connectivity index is 1.82. The van der Waals surface area contributed by atoms with Gasteiger partial charge in [0.1, 0.15) is 0 Å². The summed E-state index contributed by atoms with van der Waals surface area (Å²) in [6, 6.07) is 15.3. The Hall–Kier alpha value is -2.80. The number of nitrogens with zero attached hydrogens (tertiary/aromatic N) is 1. The molecule has 0 aliphatic rings. The minimum Gasteiger partial charge on any atom is -0.308 e. The number of hydrogen-bond acceptors (Lipinski definition) is 2. The van der Waals surface area contributed by atoms with E-state index >= 15 is 0 Å². The van der Waals surface area contributed by atoms with Gasteiger partial charge in [-0.1, -0.05) is 36.4 Å². The number of rotatable bonds is 4. The lowest BCUT2D eigenvalue weighted by molar-refractivity contribution is -0.137. The first-order valence-corrected chi connectivity index (χ1v) is 8.70. The van der Waals surface area contributed by atoms with Crippen LogP contribution in [0.4, 0.5) is 29.3 Å². The first-order chi connectivity index (χ1) is 12.4. The fraction of sp³-hybridized carbons (Fsp3) is 0.105. The standard InChI is InChI=1S/C19H15F3N2OS/c20-19(21,22)15-7-4-8-16(11-15)23-18(25)24(17-9-10-26-13-17)12-14-5-2-1-3-6-14/h1-11,13H,12H2,(H,23,25). The van der Waals surface area contributed by atoms with Crippen LogP contribution in [0, 0.1) is 0 Å². The average molecular weight is 376 g/mol. The second-order valence-corrected chi connectivity index (χ2v) is 6.34. The molecule has 1 aromatic heterocycles. The van der Waals surface area contributed by atoms with Gasteiger partial charge in [-0.25, -0.2) is 4.79 Å². The van der Waals surface area contributed by atoms with Gasteiger partial charge in [0.2, 0.25) is 0 Å². The number of amides is 2. The van der Waals surface area contributed by atoms with Crippen molar-refractivity contribution in [1.29, 1.82) is 0 Å². The molecular formula is C19H15F3N2OS. The largest absolute Gasteiger partial charge is 0.416 e. The Morgan fingerprint density at radius 3 is 2.46 bits per heavy atom. The van der Waals surface area contributed by atoms with Crippen LogP contribution in [0.3, 0.4) is 0 Å². The molecule has 0 aliphatic heterocycles. The molecule has 0 spiro atoms. The maximum absolute atomic E-state index is 12.9. The van der Waals surface area contributed by atoms with Crippen molar-refractivity contribution < 1.29 is 18.0 Å². The van der Waals surface area contributed by atoms with Gasteiger partial charge < -0.3 is 5.32 Å². The lowest BCUT2D eigenvalue weighted by Crippen LogP contribution is -2.34. The van der Waals surface area contributed by atoms with Gasteiger partial charge in [0.15, 0.2) is 0 Å². The van der Waals surface area contributed by atoms with Crippen LogP contribution in [0.25, 0.3) is 0 Å². The number of nitrogens with one attached hydrogen (secondary N) is 1. The zero-order chi connectivity index (χ0) is 18.6. The highest BCUT2D eigenvalue weighted by Crippen LogP contribution is 2.31. The molecule has 3 nitrogen and oxygen atoms in total. The van der Waals surface area contributed by atoms with E-state index in [1.807, 2.05) is 41.1 Å². The van der Waals surface area contributed by atoms with E-state index < -0.39 is 17.8 Å². The van der Waals surface area contributed by atoms with Crippen molar-refractivity contribution in [3.63, 3.8) is 0 Å². The van der Waals surface area contributed by atoms with E-state index in [0.29, 0.717) is 12.2 Å². The maximum atomic E-state index is 12.9. The maximum Gasteiger partial charge on any atom is 0.416 e. The highest BCUT2D eigenvalue weighted by Gasteiger charge is 2.30. The van der Waals surface area contributed by atoms with Gasteiger partial charge >= 0.3 is 12.2 Å². The molecule has 134 valence electrons. The Labute approximate surface area is 152 Å². The van der Waals surface area contributed by atoms with Crippen molar-refractivity contribution in [2.24, 2.45) is 0 Å². The number of halogens is 3. The minimum atomic E-state index is -4.46. The van der Waals surface area contributed by atoms with Gasteiger partial charge in [-0.2, -0.15) is 24.5 Å². The van der Waals surface area contributed by atoms with Crippen LogP contribution < -0.4 is 10.2 Å². The number of benzene rings is 2. The van der Waals surface area contributed by atoms with E-state index in [9.17, 15) is 18.0 Å². The van der Waals surface area contributed by atoms with Gasteiger partial charge in [0.25, 0.3) is 0 Å². The summed E-state index contributed by atoms with van der Waals surface area (Å²) in [5, 5.41) is 6.21. The van der Waals surface area contributed by atoms with E-state index in [1.165, 1.54) is 28.4 Å². The predicted octanol–water partition coefficient (Wildman–Crippen LogP) is 6.01. The molecule has 0 unspecified atom stereocenters. The Morgan fingerprint density at radius 1 is 1.04 bits per heavy atom. The zero-order valence-corrected chi connectivity index (χ0v) is 14.3. The lowest BCUT2D eigenvalue weighted by Gasteiger charge is -2.22. The van der Waals surface area contributed by atoms with E-state index in [0.717, 1.165) is 17.7 Å². The van der Waals surface area contributed by atoms with Crippen molar-refractivity contribution in [2.75, 3.05) is 10.2 Å². The molecular weight excluding hydrogens is 361 g/mol. The third kappa shape index (κ3) is 4.43. The quantitative estimate of drug-likeness (QED) is 0.595. The molecule has 3 rings (SSSR count). The molecule has 1 N–H and O–H groups in total. The number of anilines is 2. The van der Waals surface area contributed by atoms with Crippen LogP contribution in [-0.2, 0) is 12.7 Å². The topological polar surface area (TPSA) is 32.3 Å². The second kappa shape index (κ2) is 7.61. The zero-order valence-electron chi connectivity index (χ0n) is 13.5. The second-order valence-electron chi connectivity index (χ2n) is 5.56. The lowest BCUT2D eigenvalue weighted by atomic mass is 10.2. The average Bonchev–Trinajstić information content (AvgIpc) is 3.14. The van der Waals surface area contributed by atoms with Crippen molar-refractivity contribution in [2.45, 2.75) is 12.7 Å². The number of hydrogen-bond donors (Lipinski definition) is 1. The van der Waals surface area contributed by atoms with Crippen LogP contribution >= 0.6 is 11.3 Å². The molecule has 2 amide bonds. The van der Waals surface area contributed by atoms with Crippen molar-refractivity contribution in [3.8, 4) is 0 Å². The Morgan fingerprint density at radius 2 is 1.81 bits per heavy atom. The van der Waals surface area contributed by atoms with E-state index in [2.05, 4.69) is 5.32 Å². The molecule has 1 heterocycles. The van der Waals surface area contributed by atoms with Crippen LogP contribution in [0.15, 0.2) is 71.4 Å². The van der Waals surface area contributed by atoms with Gasteiger partial charge in [0, 0.05) is 11.1 Å². The molecule has 26 heavy (non-hydrogen) atoms. The molecule has 0 fully saturated rings. The van der Waals surface area contributed by atoms with Crippen LogP contribution in [0.2, 0.25) is 0 Å². The molecule has 0 atom stereocenters. The molecule has 0 saturated carbocycles. The molecule has 0 bridgehead atoms. The van der Waals surface area contributed by atoms with E-state index in [-0.39, 0.29) is 5.69 Å². The highest BCUT2D eigenvalue weighted by atomic mass is 32.1. The summed E-state index contributed by atoms with van der Waals surface area (Å²) in [4.78, 5) is 14.2. The summed E-state index contributed by atoms with van der Waals surface area (Å²) in [7, 11) is 0. The molecule has 3 aromatic rings. The first-order valence-electron chi connectivity index (χ1n) is 7.75. The number of thiophene rings is 1. The molecule has 7 heteroatoms. The van der Waals surface area contributed by atoms with Crippen molar-refractivity contribution in [1.82, 2.24) is 0 Å². The summed E-state index contributed by atoms with van der Waals surface area (Å²) in [6.45, 7) is 0.308. The third-order valence-electron chi connectivity index (χ3n) is 3.69. The summed E-state index contributed by atoms with van der Waals surface area (Å²) >= 11 is 1.44. The highest BCUT2D eigenvalue weighted by molar-refractivity contribution is 7.08. The van der Waals surface area contributed by atoms with Crippen molar-refractivity contribution >= 4 is 28.7 Å². The number of carbonyl (C=O) groups is 1. The summed E-state index contributed by atoms with van der Waals surface area (Å²) < 4.78 is 38.6. The number of urea groups is 1. The fourth-order valence-electron chi connectivity index (χ4n) is 2.42. The van der Waals surface area contributed by atoms with Crippen molar-refractivity contribution in [3.05, 3.63) is 82.6 Å². The van der Waals surface area contributed by atoms with Crippen LogP contribution in [-0.4, -0.2) is 6.03 Å². The normalized spacial score (nSPS) is 11.2. The van der Waals surface area contributed by atoms with Gasteiger partial charge in [0.05, 0.1) is 17.8 Å². The van der Waals surface area contributed by atoms with E-state index in [1.54, 1.807) is 6.07 Å². The van der Waals surface area contributed by atoms with Gasteiger partial charge in [-0.15, -0.1) is 0 Å². The summed E-state index contributed by atoms with van der Waals surface area (Å²) in [5.41, 5.74) is 0.889. The predicted molar refractivity (Wildman–Crippen MR) is 97.4 cm³/mol. The third-order valence-corrected chi connectivity index (χ3v) is 4.36. The van der Waals surface area contributed by atoms with Gasteiger partial charge in [-0.3, -0.25) is 4.90 Å².